The van der Waals surface area contributed by atoms with Crippen LogP contribution in [0.15, 0.2) is 47.8 Å². The largest absolute Gasteiger partial charge is 0.361 e. The molecule has 1 aromatic carbocycles. The molecule has 0 radical (unpaired) electrons. The predicted molar refractivity (Wildman–Crippen MR) is 129 cm³/mol. The number of H-pyrrole nitrogens is 1. The highest BCUT2D eigenvalue weighted by molar-refractivity contribution is 14.0. The summed E-state index contributed by atoms with van der Waals surface area (Å²) in [4.78, 5) is 21.2. The number of aliphatic imine (C=N–C) groups is 1. The molecule has 1 saturated heterocycles. The lowest BCUT2D eigenvalue weighted by Gasteiger charge is -2.36. The fourth-order valence-electron chi connectivity index (χ4n) is 3.64. The van der Waals surface area contributed by atoms with E-state index in [4.69, 9.17) is 4.99 Å². The number of benzene rings is 1. The highest BCUT2D eigenvalue weighted by Crippen LogP contribution is 2.20. The van der Waals surface area contributed by atoms with Gasteiger partial charge in [-0.2, -0.15) is 0 Å². The number of nitrogens with zero attached hydrogens (tertiary/aromatic N) is 5. The lowest BCUT2D eigenvalue weighted by molar-refractivity contribution is 0.370. The van der Waals surface area contributed by atoms with Crippen LogP contribution in [0.2, 0.25) is 0 Å². The third-order valence-corrected chi connectivity index (χ3v) is 5.12. The minimum Gasteiger partial charge on any atom is -0.361 e. The van der Waals surface area contributed by atoms with Gasteiger partial charge >= 0.3 is 0 Å². The van der Waals surface area contributed by atoms with E-state index in [2.05, 4.69) is 37.0 Å². The molecular formula is C21H27FIN7. The Labute approximate surface area is 192 Å². The average Bonchev–Trinajstić information content (AvgIpc) is 3.16. The Kier molecular flexibility index (Phi) is 7.83. The molecule has 0 saturated carbocycles. The van der Waals surface area contributed by atoms with Crippen molar-refractivity contribution in [3.8, 4) is 0 Å². The van der Waals surface area contributed by atoms with Gasteiger partial charge in [0.1, 0.15) is 5.82 Å². The molecule has 3 heterocycles. The fourth-order valence-corrected chi connectivity index (χ4v) is 3.64. The second-order valence-electron chi connectivity index (χ2n) is 7.01. The Morgan fingerprint density at radius 3 is 2.70 bits per heavy atom. The van der Waals surface area contributed by atoms with Gasteiger partial charge in [-0.1, -0.05) is 0 Å². The number of nitrogens with one attached hydrogen (secondary N) is 2. The van der Waals surface area contributed by atoms with Gasteiger partial charge in [0, 0.05) is 68.8 Å². The quantitative estimate of drug-likeness (QED) is 0.306. The van der Waals surface area contributed by atoms with Crippen LogP contribution >= 0.6 is 24.0 Å². The van der Waals surface area contributed by atoms with Crippen molar-refractivity contribution in [1.29, 1.82) is 0 Å². The molecule has 0 aliphatic carbocycles. The lowest BCUT2D eigenvalue weighted by Crippen LogP contribution is -2.53. The molecule has 1 aliphatic heterocycles. The molecule has 2 aromatic heterocycles. The number of halogens is 2. The minimum absolute atomic E-state index is 0. The molecule has 1 fully saturated rings. The molecule has 1 aliphatic rings. The highest BCUT2D eigenvalue weighted by atomic mass is 127. The summed E-state index contributed by atoms with van der Waals surface area (Å²) in [6.45, 7) is 6.98. The Morgan fingerprint density at radius 2 is 1.97 bits per heavy atom. The number of fused-ring (bicyclic) bond motifs is 1. The molecule has 0 atom stereocenters. The average molecular weight is 523 g/mol. The van der Waals surface area contributed by atoms with E-state index in [1.807, 2.05) is 12.3 Å². The summed E-state index contributed by atoms with van der Waals surface area (Å²) in [5, 5.41) is 4.32. The molecule has 0 amide bonds. The molecule has 160 valence electrons. The second kappa shape index (κ2) is 10.6. The minimum atomic E-state index is -0.213. The van der Waals surface area contributed by atoms with Gasteiger partial charge < -0.3 is 20.1 Å². The maximum Gasteiger partial charge on any atom is 0.225 e. The monoisotopic (exact) mass is 523 g/mol. The van der Waals surface area contributed by atoms with Crippen molar-refractivity contribution in [2.45, 2.75) is 13.3 Å². The first-order chi connectivity index (χ1) is 14.2. The van der Waals surface area contributed by atoms with Crippen LogP contribution in [-0.2, 0) is 6.42 Å². The van der Waals surface area contributed by atoms with Crippen LogP contribution in [0.4, 0.5) is 10.3 Å². The van der Waals surface area contributed by atoms with Crippen LogP contribution in [0.3, 0.4) is 0 Å². The van der Waals surface area contributed by atoms with Crippen molar-refractivity contribution >= 4 is 46.8 Å². The Balaban J connectivity index is 0.00000256. The van der Waals surface area contributed by atoms with Crippen molar-refractivity contribution in [3.05, 3.63) is 54.2 Å². The SMILES string of the molecule is CCNC(=NCCc1c[nH]c2ccc(F)cc12)N1CCN(c2ncccn2)CC1.I. The number of hydrogen-bond donors (Lipinski definition) is 2. The summed E-state index contributed by atoms with van der Waals surface area (Å²) in [6.07, 6.45) is 6.26. The number of guanidine groups is 1. The molecule has 3 aromatic rings. The van der Waals surface area contributed by atoms with Crippen molar-refractivity contribution in [3.63, 3.8) is 0 Å². The standard InChI is InChI=1S/C21H26FN7.HI/c1-2-23-20(28-10-12-29(13-11-28)21-24-7-3-8-25-21)26-9-6-16-15-27-19-5-4-17(22)14-18(16)19;/h3-5,7-8,14-15,27H,2,6,9-13H2,1H3,(H,23,26);1H. The predicted octanol–water partition coefficient (Wildman–Crippen LogP) is 3.05. The summed E-state index contributed by atoms with van der Waals surface area (Å²) < 4.78 is 13.6. The summed E-state index contributed by atoms with van der Waals surface area (Å²) in [5.74, 6) is 1.49. The molecule has 0 unspecified atom stereocenters. The Bertz CT molecular complexity index is 968. The first-order valence-electron chi connectivity index (χ1n) is 10.1. The van der Waals surface area contributed by atoms with Gasteiger partial charge in [-0.25, -0.2) is 14.4 Å². The third-order valence-electron chi connectivity index (χ3n) is 5.12. The Morgan fingerprint density at radius 1 is 1.20 bits per heavy atom. The van der Waals surface area contributed by atoms with Gasteiger partial charge in [0.25, 0.3) is 0 Å². The summed E-state index contributed by atoms with van der Waals surface area (Å²) in [7, 11) is 0. The van der Waals surface area contributed by atoms with E-state index in [1.54, 1.807) is 24.5 Å². The first-order valence-corrected chi connectivity index (χ1v) is 10.1. The number of rotatable bonds is 5. The van der Waals surface area contributed by atoms with Crippen LogP contribution in [0, 0.1) is 5.82 Å². The summed E-state index contributed by atoms with van der Waals surface area (Å²) >= 11 is 0. The van der Waals surface area contributed by atoms with Crippen molar-refractivity contribution < 1.29 is 4.39 Å². The number of aromatic amines is 1. The van der Waals surface area contributed by atoms with E-state index in [1.165, 1.54) is 6.07 Å². The van der Waals surface area contributed by atoms with Crippen molar-refractivity contribution in [1.82, 2.24) is 25.2 Å². The number of piperazine rings is 1. The van der Waals surface area contributed by atoms with Gasteiger partial charge in [0.2, 0.25) is 5.95 Å². The number of aromatic nitrogens is 3. The maximum absolute atomic E-state index is 13.6. The smallest absolute Gasteiger partial charge is 0.225 e. The number of hydrogen-bond acceptors (Lipinski definition) is 4. The molecule has 4 rings (SSSR count). The topological polar surface area (TPSA) is 72.4 Å². The van der Waals surface area contributed by atoms with Gasteiger partial charge in [-0.05, 0) is 43.2 Å². The molecule has 9 heteroatoms. The van der Waals surface area contributed by atoms with Gasteiger partial charge in [0.05, 0.1) is 0 Å². The van der Waals surface area contributed by atoms with E-state index >= 15 is 0 Å². The fraction of sp³-hybridized carbons (Fsp3) is 0.381. The van der Waals surface area contributed by atoms with E-state index < -0.39 is 0 Å². The normalized spacial score (nSPS) is 14.7. The third kappa shape index (κ3) is 5.18. The van der Waals surface area contributed by atoms with Crippen molar-refractivity contribution in [2.75, 3.05) is 44.2 Å². The van der Waals surface area contributed by atoms with Crippen LogP contribution in [0.5, 0.6) is 0 Å². The van der Waals surface area contributed by atoms with Crippen LogP contribution in [0.1, 0.15) is 12.5 Å². The second-order valence-corrected chi connectivity index (χ2v) is 7.01. The summed E-state index contributed by atoms with van der Waals surface area (Å²) in [5.41, 5.74) is 2.04. The zero-order valence-corrected chi connectivity index (χ0v) is 19.3. The zero-order chi connectivity index (χ0) is 20.1. The zero-order valence-electron chi connectivity index (χ0n) is 17.0. The van der Waals surface area contributed by atoms with Gasteiger partial charge in [-0.3, -0.25) is 4.99 Å². The van der Waals surface area contributed by atoms with E-state index in [0.29, 0.717) is 6.54 Å². The molecule has 0 bridgehead atoms. The maximum atomic E-state index is 13.6. The van der Waals surface area contributed by atoms with E-state index in [9.17, 15) is 4.39 Å². The van der Waals surface area contributed by atoms with E-state index in [0.717, 1.165) is 67.5 Å². The molecule has 30 heavy (non-hydrogen) atoms. The Hall–Kier alpha value is -2.43. The molecular weight excluding hydrogens is 496 g/mol. The summed E-state index contributed by atoms with van der Waals surface area (Å²) in [6, 6.07) is 6.67. The molecule has 0 spiro atoms. The van der Waals surface area contributed by atoms with Crippen LogP contribution < -0.4 is 10.2 Å². The molecule has 7 nitrogen and oxygen atoms in total. The highest BCUT2D eigenvalue weighted by Gasteiger charge is 2.21. The van der Waals surface area contributed by atoms with Crippen molar-refractivity contribution in [2.24, 2.45) is 4.99 Å². The van der Waals surface area contributed by atoms with E-state index in [-0.39, 0.29) is 29.8 Å². The number of anilines is 1. The van der Waals surface area contributed by atoms with Gasteiger partial charge in [-0.15, -0.1) is 24.0 Å². The lowest BCUT2D eigenvalue weighted by atomic mass is 10.1. The van der Waals surface area contributed by atoms with Crippen LogP contribution in [0.25, 0.3) is 10.9 Å². The first kappa shape index (κ1) is 22.3. The van der Waals surface area contributed by atoms with Gasteiger partial charge in [0.15, 0.2) is 5.96 Å². The molecule has 2 N–H and O–H groups in total. The van der Waals surface area contributed by atoms with Crippen LogP contribution in [-0.4, -0.2) is 65.1 Å².